The first-order valence-electron chi connectivity index (χ1n) is 6.77. The first kappa shape index (κ1) is 13.1. The number of fused-ring (bicyclic) bond motifs is 1. The number of hydrogen-bond acceptors (Lipinski definition) is 4. The second kappa shape index (κ2) is 4.89. The van der Waals surface area contributed by atoms with Crippen LogP contribution in [0.2, 0.25) is 0 Å². The number of carboxylic acids is 1. The Morgan fingerprint density at radius 2 is 2.26 bits per heavy atom. The minimum atomic E-state index is -0.840. The summed E-state index contributed by atoms with van der Waals surface area (Å²) >= 11 is 1.35. The van der Waals surface area contributed by atoms with Crippen LogP contribution in [-0.2, 0) is 6.54 Å². The molecule has 1 aromatic heterocycles. The van der Waals surface area contributed by atoms with Gasteiger partial charge in [-0.1, -0.05) is 0 Å². The number of hydrogen-bond donors (Lipinski definition) is 2. The molecule has 19 heavy (non-hydrogen) atoms. The molecule has 5 heteroatoms. The summed E-state index contributed by atoms with van der Waals surface area (Å²) in [6.07, 6.45) is 1.95. The summed E-state index contributed by atoms with van der Waals surface area (Å²) in [4.78, 5) is 14.8. The van der Waals surface area contributed by atoms with Crippen molar-refractivity contribution in [1.29, 1.82) is 0 Å². The highest BCUT2D eigenvalue weighted by molar-refractivity contribution is 7.14. The Bertz CT molecular complexity index is 499. The van der Waals surface area contributed by atoms with Gasteiger partial charge in [-0.05, 0) is 37.3 Å². The molecule has 1 saturated carbocycles. The number of rotatable bonds is 3. The quantitative estimate of drug-likeness (QED) is 0.889. The molecule has 3 atom stereocenters. The third-order valence-corrected chi connectivity index (χ3v) is 5.60. The van der Waals surface area contributed by atoms with Gasteiger partial charge in [0.1, 0.15) is 4.88 Å². The van der Waals surface area contributed by atoms with Crippen molar-refractivity contribution in [2.45, 2.75) is 32.4 Å². The van der Waals surface area contributed by atoms with Gasteiger partial charge in [-0.3, -0.25) is 4.90 Å². The standard InChI is InChI=1S/C14H19NO3S/c1-8-10(4-13(19-8)14(17)18)6-15-5-9-2-3-12(16)11(9)7-15/h4,9,11-12,16H,2-3,5-7H2,1H3,(H,17,18). The molecule has 2 fully saturated rings. The van der Waals surface area contributed by atoms with Crippen molar-refractivity contribution in [3.05, 3.63) is 21.4 Å². The van der Waals surface area contributed by atoms with Crippen LogP contribution in [0.1, 0.15) is 33.0 Å². The van der Waals surface area contributed by atoms with E-state index in [1.54, 1.807) is 6.07 Å². The minimum absolute atomic E-state index is 0.131. The van der Waals surface area contributed by atoms with Gasteiger partial charge in [0.2, 0.25) is 0 Å². The Kier molecular flexibility index (Phi) is 3.37. The highest BCUT2D eigenvalue weighted by atomic mass is 32.1. The van der Waals surface area contributed by atoms with Crippen molar-refractivity contribution < 1.29 is 15.0 Å². The van der Waals surface area contributed by atoms with Crippen molar-refractivity contribution in [3.8, 4) is 0 Å². The lowest BCUT2D eigenvalue weighted by molar-refractivity contribution is 0.0702. The van der Waals surface area contributed by atoms with Gasteiger partial charge >= 0.3 is 5.97 Å². The molecule has 2 aliphatic rings. The van der Waals surface area contributed by atoms with Crippen LogP contribution in [0.25, 0.3) is 0 Å². The van der Waals surface area contributed by atoms with Crippen LogP contribution in [0.15, 0.2) is 6.07 Å². The third kappa shape index (κ3) is 2.42. The summed E-state index contributed by atoms with van der Waals surface area (Å²) in [6.45, 7) is 4.79. The van der Waals surface area contributed by atoms with Crippen molar-refractivity contribution in [1.82, 2.24) is 4.90 Å². The molecular weight excluding hydrogens is 262 g/mol. The van der Waals surface area contributed by atoms with E-state index in [9.17, 15) is 9.90 Å². The zero-order chi connectivity index (χ0) is 13.6. The Morgan fingerprint density at radius 1 is 1.47 bits per heavy atom. The van der Waals surface area contributed by atoms with Crippen LogP contribution >= 0.6 is 11.3 Å². The maximum absolute atomic E-state index is 11.0. The summed E-state index contributed by atoms with van der Waals surface area (Å²) in [6, 6.07) is 1.80. The van der Waals surface area contributed by atoms with Gasteiger partial charge in [0, 0.05) is 30.4 Å². The number of aryl methyl sites for hydroxylation is 1. The lowest BCUT2D eigenvalue weighted by Gasteiger charge is -2.17. The Hall–Kier alpha value is -0.910. The second-order valence-electron chi connectivity index (χ2n) is 5.76. The highest BCUT2D eigenvalue weighted by Crippen LogP contribution is 2.39. The van der Waals surface area contributed by atoms with E-state index in [-0.39, 0.29) is 6.10 Å². The van der Waals surface area contributed by atoms with E-state index in [1.165, 1.54) is 11.3 Å². The molecule has 1 saturated heterocycles. The van der Waals surface area contributed by atoms with E-state index < -0.39 is 5.97 Å². The lowest BCUT2D eigenvalue weighted by Crippen LogP contribution is -2.24. The molecule has 0 spiro atoms. The molecule has 0 aromatic carbocycles. The molecule has 4 nitrogen and oxygen atoms in total. The normalized spacial score (nSPS) is 30.7. The summed E-state index contributed by atoms with van der Waals surface area (Å²) in [5.41, 5.74) is 1.12. The number of aromatic carboxylic acids is 1. The zero-order valence-electron chi connectivity index (χ0n) is 11.0. The fourth-order valence-electron chi connectivity index (χ4n) is 3.48. The van der Waals surface area contributed by atoms with Crippen LogP contribution in [0.3, 0.4) is 0 Å². The number of nitrogens with zero attached hydrogens (tertiary/aromatic N) is 1. The molecule has 0 amide bonds. The average Bonchev–Trinajstić information content (AvgIpc) is 2.99. The van der Waals surface area contributed by atoms with E-state index in [2.05, 4.69) is 4.90 Å². The number of thiophene rings is 1. The SMILES string of the molecule is Cc1sc(C(=O)O)cc1CN1CC2CCC(O)C2C1. The maximum atomic E-state index is 11.0. The first-order chi connectivity index (χ1) is 9.04. The summed E-state index contributed by atoms with van der Waals surface area (Å²) in [5.74, 6) is 0.221. The summed E-state index contributed by atoms with van der Waals surface area (Å²) in [7, 11) is 0. The largest absolute Gasteiger partial charge is 0.477 e. The first-order valence-corrected chi connectivity index (χ1v) is 7.59. The van der Waals surface area contributed by atoms with Crippen LogP contribution in [0.5, 0.6) is 0 Å². The van der Waals surface area contributed by atoms with Crippen LogP contribution < -0.4 is 0 Å². The molecule has 0 bridgehead atoms. The van der Waals surface area contributed by atoms with Crippen molar-refractivity contribution >= 4 is 17.3 Å². The highest BCUT2D eigenvalue weighted by Gasteiger charge is 2.41. The monoisotopic (exact) mass is 281 g/mol. The van der Waals surface area contributed by atoms with E-state index >= 15 is 0 Å². The van der Waals surface area contributed by atoms with Crippen molar-refractivity contribution in [2.24, 2.45) is 11.8 Å². The molecule has 3 rings (SSSR count). The lowest BCUT2D eigenvalue weighted by atomic mass is 10.00. The average molecular weight is 281 g/mol. The summed E-state index contributed by atoms with van der Waals surface area (Å²) in [5, 5.41) is 18.9. The van der Waals surface area contributed by atoms with E-state index in [0.717, 1.165) is 42.9 Å². The van der Waals surface area contributed by atoms with Gasteiger partial charge in [-0.15, -0.1) is 11.3 Å². The molecule has 0 radical (unpaired) electrons. The zero-order valence-corrected chi connectivity index (χ0v) is 11.8. The van der Waals surface area contributed by atoms with Gasteiger partial charge in [0.15, 0.2) is 0 Å². The van der Waals surface area contributed by atoms with Crippen LogP contribution in [-0.4, -0.2) is 40.3 Å². The van der Waals surface area contributed by atoms with E-state index in [4.69, 9.17) is 5.11 Å². The number of likely N-dealkylation sites (tertiary alicyclic amines) is 1. The van der Waals surface area contributed by atoms with Crippen molar-refractivity contribution in [2.75, 3.05) is 13.1 Å². The van der Waals surface area contributed by atoms with Crippen LogP contribution in [0, 0.1) is 18.8 Å². The topological polar surface area (TPSA) is 60.8 Å². The van der Waals surface area contributed by atoms with Crippen molar-refractivity contribution in [3.63, 3.8) is 0 Å². The predicted molar refractivity (Wildman–Crippen MR) is 73.5 cm³/mol. The molecular formula is C14H19NO3S. The number of aliphatic hydroxyl groups excluding tert-OH is 1. The molecule has 104 valence electrons. The molecule has 1 aromatic rings. The Balaban J connectivity index is 1.68. The molecule has 3 unspecified atom stereocenters. The molecule has 1 aliphatic heterocycles. The smallest absolute Gasteiger partial charge is 0.345 e. The molecule has 2 heterocycles. The van der Waals surface area contributed by atoms with Gasteiger partial charge in [0.05, 0.1) is 6.10 Å². The Morgan fingerprint density at radius 3 is 2.89 bits per heavy atom. The van der Waals surface area contributed by atoms with E-state index in [1.807, 2.05) is 6.92 Å². The fraction of sp³-hybridized carbons (Fsp3) is 0.643. The van der Waals surface area contributed by atoms with Gasteiger partial charge in [-0.2, -0.15) is 0 Å². The van der Waals surface area contributed by atoms with Gasteiger partial charge in [-0.25, -0.2) is 4.79 Å². The Labute approximate surface area is 116 Å². The van der Waals surface area contributed by atoms with Crippen LogP contribution in [0.4, 0.5) is 0 Å². The maximum Gasteiger partial charge on any atom is 0.345 e. The van der Waals surface area contributed by atoms with Gasteiger partial charge < -0.3 is 10.2 Å². The summed E-state index contributed by atoms with van der Waals surface area (Å²) < 4.78 is 0. The number of carboxylic acid groups (broad SMARTS) is 1. The molecule has 1 aliphatic carbocycles. The van der Waals surface area contributed by atoms with E-state index in [0.29, 0.717) is 16.7 Å². The van der Waals surface area contributed by atoms with Gasteiger partial charge in [0.25, 0.3) is 0 Å². The third-order valence-electron chi connectivity index (χ3n) is 4.52. The fourth-order valence-corrected chi connectivity index (χ4v) is 4.35. The second-order valence-corrected chi connectivity index (χ2v) is 7.02. The number of aliphatic hydroxyl groups is 1. The minimum Gasteiger partial charge on any atom is -0.477 e. The predicted octanol–water partition coefficient (Wildman–Crippen LogP) is 1.96. The number of carbonyl (C=O) groups is 1. The molecule has 2 N–H and O–H groups in total.